The Hall–Kier alpha value is -2.71. The maximum Gasteiger partial charge on any atom is 0.223 e. The molecule has 4 rings (SSSR count). The van der Waals surface area contributed by atoms with Gasteiger partial charge in [0.1, 0.15) is 0 Å². The zero-order chi connectivity index (χ0) is 19.9. The fourth-order valence-electron chi connectivity index (χ4n) is 3.26. The smallest absolute Gasteiger partial charge is 0.223 e. The van der Waals surface area contributed by atoms with Crippen molar-refractivity contribution in [2.45, 2.75) is 10.5 Å². The number of alkyl halides is 1. The van der Waals surface area contributed by atoms with Crippen LogP contribution in [0.5, 0.6) is 5.75 Å². The van der Waals surface area contributed by atoms with Gasteiger partial charge in [0.2, 0.25) is 5.43 Å². The van der Waals surface area contributed by atoms with Gasteiger partial charge in [0.05, 0.1) is 11.9 Å². The molecule has 0 bridgehead atoms. The van der Waals surface area contributed by atoms with Gasteiger partial charge in [-0.3, -0.25) is 9.78 Å². The molecule has 6 heteroatoms. The molecular weight excluding hydrogens is 467 g/mol. The normalized spacial score (nSPS) is 13.4. The number of hydrogen-bond donors (Lipinski definition) is 2. The lowest BCUT2D eigenvalue weighted by atomic mass is 10.0. The Morgan fingerprint density at radius 2 is 1.86 bits per heavy atom. The third-order valence-electron chi connectivity index (χ3n) is 4.60. The van der Waals surface area contributed by atoms with Crippen molar-refractivity contribution in [1.82, 2.24) is 9.55 Å². The summed E-state index contributed by atoms with van der Waals surface area (Å²) in [7, 11) is 0. The van der Waals surface area contributed by atoms with E-state index < -0.39 is 9.04 Å². The first kappa shape index (κ1) is 18.6. The van der Waals surface area contributed by atoms with Gasteiger partial charge in [-0.2, -0.15) is 0 Å². The van der Waals surface area contributed by atoms with Crippen molar-refractivity contribution in [3.8, 4) is 22.6 Å². The van der Waals surface area contributed by atoms with Crippen LogP contribution >= 0.6 is 22.6 Å². The number of hydrogen-bond acceptors (Lipinski definition) is 4. The Kier molecular flexibility index (Phi) is 4.68. The molecule has 0 aliphatic carbocycles. The number of aliphatic hydroxyl groups is 1. The van der Waals surface area contributed by atoms with E-state index >= 15 is 0 Å². The maximum absolute atomic E-state index is 11.9. The zero-order valence-corrected chi connectivity index (χ0v) is 17.2. The first-order chi connectivity index (χ1) is 13.3. The highest BCUT2D eigenvalue weighted by Gasteiger charge is 2.24. The molecule has 0 saturated carbocycles. The van der Waals surface area contributed by atoms with E-state index in [2.05, 4.69) is 4.98 Å². The van der Waals surface area contributed by atoms with E-state index in [0.717, 1.165) is 21.9 Å². The molecule has 2 aromatic carbocycles. The monoisotopic (exact) mass is 484 g/mol. The number of halogens is 1. The minimum atomic E-state index is -1.29. The minimum Gasteiger partial charge on any atom is -0.503 e. The molecule has 1 unspecified atom stereocenters. The second-order valence-electron chi connectivity index (χ2n) is 6.69. The average Bonchev–Trinajstić information content (AvgIpc) is 2.68. The van der Waals surface area contributed by atoms with Gasteiger partial charge >= 0.3 is 0 Å². The van der Waals surface area contributed by atoms with Crippen molar-refractivity contribution in [2.75, 3.05) is 0 Å². The van der Waals surface area contributed by atoms with Crippen LogP contribution in [0.25, 0.3) is 27.6 Å². The standard InChI is InChI=1S/C22H17IN2O3/c1-22(23,28)21-10-19(26)20(27)13-25(21)16-7-4-6-14(9-16)18-12-24-11-15-5-2-3-8-17(15)18/h2-13,27-28H,1H3. The van der Waals surface area contributed by atoms with Gasteiger partial charge in [0.25, 0.3) is 0 Å². The van der Waals surface area contributed by atoms with Crippen LogP contribution < -0.4 is 5.43 Å². The number of benzene rings is 2. The first-order valence-electron chi connectivity index (χ1n) is 8.65. The van der Waals surface area contributed by atoms with Gasteiger partial charge in [-0.15, -0.1) is 0 Å². The Bertz CT molecular complexity index is 1240. The Morgan fingerprint density at radius 1 is 1.07 bits per heavy atom. The molecule has 2 aromatic heterocycles. The summed E-state index contributed by atoms with van der Waals surface area (Å²) in [5.41, 5.74) is 2.49. The Morgan fingerprint density at radius 3 is 2.64 bits per heavy atom. The van der Waals surface area contributed by atoms with Crippen molar-refractivity contribution >= 4 is 33.4 Å². The van der Waals surface area contributed by atoms with Crippen LogP contribution in [-0.2, 0) is 3.61 Å². The molecule has 0 radical (unpaired) electrons. The van der Waals surface area contributed by atoms with E-state index in [9.17, 15) is 15.0 Å². The van der Waals surface area contributed by atoms with Gasteiger partial charge in [0, 0.05) is 35.1 Å². The summed E-state index contributed by atoms with van der Waals surface area (Å²) in [5.74, 6) is -0.373. The lowest BCUT2D eigenvalue weighted by molar-refractivity contribution is 0.170. The summed E-state index contributed by atoms with van der Waals surface area (Å²) in [6.07, 6.45) is 4.98. The van der Waals surface area contributed by atoms with Crippen molar-refractivity contribution in [3.63, 3.8) is 0 Å². The Labute approximate surface area is 175 Å². The summed E-state index contributed by atoms with van der Waals surface area (Å²) in [6, 6.07) is 17.0. The van der Waals surface area contributed by atoms with Crippen LogP contribution in [0.2, 0.25) is 0 Å². The van der Waals surface area contributed by atoms with Crippen molar-refractivity contribution in [3.05, 3.63) is 89.1 Å². The fourth-order valence-corrected chi connectivity index (χ4v) is 3.67. The predicted molar refractivity (Wildman–Crippen MR) is 118 cm³/mol. The van der Waals surface area contributed by atoms with Gasteiger partial charge < -0.3 is 14.8 Å². The van der Waals surface area contributed by atoms with Gasteiger partial charge in [-0.1, -0.05) is 36.4 Å². The number of nitrogens with zero attached hydrogens (tertiary/aromatic N) is 2. The third-order valence-corrected chi connectivity index (χ3v) is 5.15. The van der Waals surface area contributed by atoms with Crippen LogP contribution in [0.3, 0.4) is 0 Å². The van der Waals surface area contributed by atoms with Crippen molar-refractivity contribution in [2.24, 2.45) is 0 Å². The highest BCUT2D eigenvalue weighted by atomic mass is 127. The summed E-state index contributed by atoms with van der Waals surface area (Å²) < 4.78 is 0.340. The van der Waals surface area contributed by atoms with Crippen LogP contribution in [-0.4, -0.2) is 19.8 Å². The Balaban J connectivity index is 1.94. The minimum absolute atomic E-state index is 0.373. The number of pyridine rings is 2. The molecule has 1 atom stereocenters. The molecule has 28 heavy (non-hydrogen) atoms. The highest BCUT2D eigenvalue weighted by Crippen LogP contribution is 2.32. The topological polar surface area (TPSA) is 75.3 Å². The number of fused-ring (bicyclic) bond motifs is 1. The molecule has 5 nitrogen and oxygen atoms in total. The average molecular weight is 484 g/mol. The van der Waals surface area contributed by atoms with Gasteiger partial charge in [-0.25, -0.2) is 0 Å². The molecule has 0 saturated heterocycles. The quantitative estimate of drug-likeness (QED) is 0.335. The van der Waals surface area contributed by atoms with E-state index in [1.807, 2.05) is 83.5 Å². The number of rotatable bonds is 3. The zero-order valence-electron chi connectivity index (χ0n) is 15.0. The molecule has 0 aliphatic rings. The van der Waals surface area contributed by atoms with Crippen molar-refractivity contribution in [1.29, 1.82) is 0 Å². The van der Waals surface area contributed by atoms with Gasteiger partial charge in [-0.05, 0) is 52.6 Å². The van der Waals surface area contributed by atoms with E-state index in [0.29, 0.717) is 11.4 Å². The molecular formula is C22H17IN2O3. The molecule has 140 valence electrons. The van der Waals surface area contributed by atoms with Crippen LogP contribution in [0.15, 0.2) is 78.0 Å². The van der Waals surface area contributed by atoms with E-state index in [4.69, 9.17) is 0 Å². The second-order valence-corrected chi connectivity index (χ2v) is 8.79. The number of aromatic hydroxyl groups is 1. The molecule has 0 spiro atoms. The molecule has 0 amide bonds. The number of aromatic nitrogens is 2. The largest absolute Gasteiger partial charge is 0.503 e. The lowest BCUT2D eigenvalue weighted by Gasteiger charge is -2.22. The first-order valence-corrected chi connectivity index (χ1v) is 9.73. The fraction of sp³-hybridized carbons (Fsp3) is 0.0909. The summed E-state index contributed by atoms with van der Waals surface area (Å²) in [5, 5.41) is 22.6. The lowest BCUT2D eigenvalue weighted by Crippen LogP contribution is -2.22. The molecule has 0 fully saturated rings. The molecule has 0 aliphatic heterocycles. The second kappa shape index (κ2) is 7.03. The van der Waals surface area contributed by atoms with Crippen LogP contribution in [0, 0.1) is 0 Å². The van der Waals surface area contributed by atoms with Crippen LogP contribution in [0.4, 0.5) is 0 Å². The predicted octanol–water partition coefficient (Wildman–Crippen LogP) is 4.36. The van der Waals surface area contributed by atoms with E-state index in [1.54, 1.807) is 11.5 Å². The summed E-state index contributed by atoms with van der Waals surface area (Å²) in [4.78, 5) is 16.3. The van der Waals surface area contributed by atoms with E-state index in [1.165, 1.54) is 12.3 Å². The molecule has 4 aromatic rings. The third kappa shape index (κ3) is 3.41. The van der Waals surface area contributed by atoms with Gasteiger partial charge in [0.15, 0.2) is 9.36 Å². The SMILES string of the molecule is CC(O)(I)c1cc(=O)c(O)cn1-c1cccc(-c2cncc3ccccc23)c1. The molecule has 2 heterocycles. The summed E-state index contributed by atoms with van der Waals surface area (Å²) >= 11 is 1.86. The van der Waals surface area contributed by atoms with Crippen molar-refractivity contribution < 1.29 is 10.2 Å². The molecule has 2 N–H and O–H groups in total. The highest BCUT2D eigenvalue weighted by molar-refractivity contribution is 14.1. The van der Waals surface area contributed by atoms with E-state index in [-0.39, 0.29) is 5.75 Å². The van der Waals surface area contributed by atoms with Crippen LogP contribution in [0.1, 0.15) is 12.6 Å². The maximum atomic E-state index is 11.9. The summed E-state index contributed by atoms with van der Waals surface area (Å²) in [6.45, 7) is 1.59.